The second-order valence-corrected chi connectivity index (χ2v) is 9.76. The molecule has 0 fully saturated rings. The van der Waals surface area contributed by atoms with Gasteiger partial charge in [0.2, 0.25) is 0 Å². The first-order valence-electron chi connectivity index (χ1n) is 12.0. The van der Waals surface area contributed by atoms with Gasteiger partial charge in [-0.3, -0.25) is 0 Å². The molecule has 1 aromatic heterocycles. The van der Waals surface area contributed by atoms with Gasteiger partial charge in [0, 0.05) is 29.8 Å². The average Bonchev–Trinajstić information content (AvgIpc) is 3.37. The highest BCUT2D eigenvalue weighted by Crippen LogP contribution is 2.40. The maximum Gasteiger partial charge on any atom is 0.146 e. The summed E-state index contributed by atoms with van der Waals surface area (Å²) in [6.07, 6.45) is 0.983. The van der Waals surface area contributed by atoms with Crippen molar-refractivity contribution in [1.82, 2.24) is 9.88 Å². The number of aliphatic imine (C=N–C) groups is 1. The third-order valence-electron chi connectivity index (χ3n) is 6.42. The lowest BCUT2D eigenvalue weighted by molar-refractivity contribution is 0.395. The third-order valence-corrected chi connectivity index (χ3v) is 7.42. The van der Waals surface area contributed by atoms with Gasteiger partial charge in [-0.1, -0.05) is 96.3 Å². The molecule has 0 saturated carbocycles. The number of hydrogen-bond acceptors (Lipinski definition) is 3. The predicted molar refractivity (Wildman–Crippen MR) is 146 cm³/mol. The van der Waals surface area contributed by atoms with Gasteiger partial charge < -0.3 is 4.90 Å². The van der Waals surface area contributed by atoms with E-state index in [0.29, 0.717) is 0 Å². The number of halogens is 1. The molecule has 0 bridgehead atoms. The standard InChI is InChI=1S/C31H24FN3S/c32-27-17-15-25(16-18-27)30-33-28(23-10-3-1-4-11-23)31(36-30)34-29(24-12-5-2-6-13-24)35-20-19-22-9-7-8-14-26(22)21-35/h1-18H,19-21H2/b34-29+. The van der Waals surface area contributed by atoms with Crippen molar-refractivity contribution in [2.24, 2.45) is 4.99 Å². The molecule has 1 aliphatic rings. The molecule has 4 aromatic carbocycles. The summed E-state index contributed by atoms with van der Waals surface area (Å²) in [6, 6.07) is 35.6. The Kier molecular flexibility index (Phi) is 6.14. The van der Waals surface area contributed by atoms with Crippen LogP contribution >= 0.6 is 11.3 Å². The number of rotatable bonds is 4. The molecule has 5 heteroatoms. The fraction of sp³-hybridized carbons (Fsp3) is 0.0968. The monoisotopic (exact) mass is 489 g/mol. The largest absolute Gasteiger partial charge is 0.351 e. The van der Waals surface area contributed by atoms with Gasteiger partial charge in [0.15, 0.2) is 0 Å². The highest BCUT2D eigenvalue weighted by atomic mass is 32.1. The van der Waals surface area contributed by atoms with Crippen LogP contribution in [0.3, 0.4) is 0 Å². The van der Waals surface area contributed by atoms with Gasteiger partial charge in [0.05, 0.1) is 0 Å². The minimum Gasteiger partial charge on any atom is -0.351 e. The van der Waals surface area contributed by atoms with Crippen molar-refractivity contribution in [1.29, 1.82) is 0 Å². The number of amidine groups is 1. The lowest BCUT2D eigenvalue weighted by atomic mass is 9.99. The molecule has 6 rings (SSSR count). The Balaban J connectivity index is 1.49. The van der Waals surface area contributed by atoms with Gasteiger partial charge >= 0.3 is 0 Å². The molecule has 0 N–H and O–H groups in total. The SMILES string of the molecule is Fc1ccc(-c2nc(-c3ccccc3)c(/N=C(\c3ccccc3)N3CCc4ccccc4C3)s2)cc1. The second kappa shape index (κ2) is 9.88. The highest BCUT2D eigenvalue weighted by Gasteiger charge is 2.22. The van der Waals surface area contributed by atoms with E-state index in [9.17, 15) is 4.39 Å². The molecule has 0 unspecified atom stereocenters. The first-order valence-corrected chi connectivity index (χ1v) is 12.8. The topological polar surface area (TPSA) is 28.5 Å². The zero-order valence-corrected chi connectivity index (χ0v) is 20.5. The first kappa shape index (κ1) is 22.4. The Labute approximate surface area is 214 Å². The summed E-state index contributed by atoms with van der Waals surface area (Å²) in [7, 11) is 0. The Morgan fingerprint density at radius 2 is 1.42 bits per heavy atom. The first-order chi connectivity index (χ1) is 17.7. The Hall–Kier alpha value is -4.09. The Bertz CT molecular complexity index is 1510. The van der Waals surface area contributed by atoms with Crippen LogP contribution < -0.4 is 0 Å². The van der Waals surface area contributed by atoms with Gasteiger partial charge in [-0.25, -0.2) is 14.4 Å². The van der Waals surface area contributed by atoms with E-state index >= 15 is 0 Å². The van der Waals surface area contributed by atoms with Crippen LogP contribution in [-0.4, -0.2) is 22.3 Å². The summed E-state index contributed by atoms with van der Waals surface area (Å²) in [5.74, 6) is 0.685. The number of nitrogens with zero attached hydrogens (tertiary/aromatic N) is 3. The number of hydrogen-bond donors (Lipinski definition) is 0. The highest BCUT2D eigenvalue weighted by molar-refractivity contribution is 7.19. The minimum absolute atomic E-state index is 0.256. The molecule has 2 heterocycles. The molecule has 0 aliphatic carbocycles. The number of benzene rings is 4. The van der Waals surface area contributed by atoms with Gasteiger partial charge in [-0.05, 0) is 41.8 Å². The van der Waals surface area contributed by atoms with Crippen LogP contribution in [0.5, 0.6) is 0 Å². The van der Waals surface area contributed by atoms with Crippen LogP contribution in [-0.2, 0) is 13.0 Å². The van der Waals surface area contributed by atoms with E-state index in [1.807, 2.05) is 24.3 Å². The van der Waals surface area contributed by atoms with Crippen molar-refractivity contribution >= 4 is 22.2 Å². The van der Waals surface area contributed by atoms with E-state index in [0.717, 1.165) is 57.7 Å². The van der Waals surface area contributed by atoms with Crippen LogP contribution in [0.4, 0.5) is 9.39 Å². The van der Waals surface area contributed by atoms with E-state index in [2.05, 4.69) is 65.6 Å². The molecular formula is C31H24FN3S. The average molecular weight is 490 g/mol. The van der Waals surface area contributed by atoms with Crippen LogP contribution in [0.2, 0.25) is 0 Å². The number of fused-ring (bicyclic) bond motifs is 1. The van der Waals surface area contributed by atoms with E-state index in [1.54, 1.807) is 12.1 Å². The summed E-state index contributed by atoms with van der Waals surface area (Å²) >= 11 is 1.54. The van der Waals surface area contributed by atoms with Crippen molar-refractivity contribution in [3.63, 3.8) is 0 Å². The summed E-state index contributed by atoms with van der Waals surface area (Å²) in [5.41, 5.74) is 6.55. The summed E-state index contributed by atoms with van der Waals surface area (Å²) in [6.45, 7) is 1.71. The summed E-state index contributed by atoms with van der Waals surface area (Å²) in [4.78, 5) is 12.6. The smallest absolute Gasteiger partial charge is 0.146 e. The van der Waals surface area contributed by atoms with Crippen molar-refractivity contribution in [3.8, 4) is 21.8 Å². The molecule has 176 valence electrons. The fourth-order valence-corrected chi connectivity index (χ4v) is 5.53. The lowest BCUT2D eigenvalue weighted by Gasteiger charge is -2.31. The van der Waals surface area contributed by atoms with E-state index in [-0.39, 0.29) is 5.82 Å². The zero-order valence-electron chi connectivity index (χ0n) is 19.6. The maximum absolute atomic E-state index is 13.6. The summed E-state index contributed by atoms with van der Waals surface area (Å²) in [5, 5.41) is 1.67. The van der Waals surface area contributed by atoms with Crippen LogP contribution in [0.1, 0.15) is 16.7 Å². The zero-order chi connectivity index (χ0) is 24.3. The van der Waals surface area contributed by atoms with Crippen molar-refractivity contribution in [2.45, 2.75) is 13.0 Å². The van der Waals surface area contributed by atoms with Crippen LogP contribution in [0.15, 0.2) is 114 Å². The number of aromatic nitrogens is 1. The second-order valence-electron chi connectivity index (χ2n) is 8.79. The molecule has 0 radical (unpaired) electrons. The van der Waals surface area contributed by atoms with Gasteiger partial charge in [-0.2, -0.15) is 0 Å². The number of thiazole rings is 1. The van der Waals surface area contributed by atoms with Gasteiger partial charge in [-0.15, -0.1) is 0 Å². The Morgan fingerprint density at radius 1 is 0.750 bits per heavy atom. The van der Waals surface area contributed by atoms with Crippen LogP contribution in [0.25, 0.3) is 21.8 Å². The molecular weight excluding hydrogens is 465 g/mol. The van der Waals surface area contributed by atoms with Crippen LogP contribution in [0, 0.1) is 5.82 Å². The van der Waals surface area contributed by atoms with Gasteiger partial charge in [0.1, 0.15) is 27.4 Å². The molecule has 0 amide bonds. The third kappa shape index (κ3) is 4.58. The van der Waals surface area contributed by atoms with E-state index < -0.39 is 0 Å². The molecule has 0 spiro atoms. The van der Waals surface area contributed by atoms with E-state index in [4.69, 9.17) is 9.98 Å². The summed E-state index contributed by atoms with van der Waals surface area (Å²) < 4.78 is 13.6. The molecule has 0 atom stereocenters. The Morgan fingerprint density at radius 3 is 2.17 bits per heavy atom. The molecule has 3 nitrogen and oxygen atoms in total. The minimum atomic E-state index is -0.256. The normalized spacial score (nSPS) is 13.5. The quantitative estimate of drug-likeness (QED) is 0.191. The molecule has 1 aliphatic heterocycles. The molecule has 36 heavy (non-hydrogen) atoms. The van der Waals surface area contributed by atoms with Gasteiger partial charge in [0.25, 0.3) is 0 Å². The fourth-order valence-electron chi connectivity index (χ4n) is 4.57. The molecule has 0 saturated heterocycles. The van der Waals surface area contributed by atoms with Crippen molar-refractivity contribution in [2.75, 3.05) is 6.54 Å². The molecule has 5 aromatic rings. The van der Waals surface area contributed by atoms with Crippen molar-refractivity contribution in [3.05, 3.63) is 132 Å². The predicted octanol–water partition coefficient (Wildman–Crippen LogP) is 7.75. The lowest BCUT2D eigenvalue weighted by Crippen LogP contribution is -2.36. The maximum atomic E-state index is 13.6. The van der Waals surface area contributed by atoms with E-state index in [1.165, 1.54) is 34.6 Å². The van der Waals surface area contributed by atoms with Crippen molar-refractivity contribution < 1.29 is 4.39 Å².